The maximum Gasteiger partial charge on any atom is 0.159 e. The highest BCUT2D eigenvalue weighted by Crippen LogP contribution is 2.32. The molecule has 0 spiro atoms. The van der Waals surface area contributed by atoms with E-state index in [2.05, 4.69) is 4.90 Å². The number of hydrogen-bond acceptors (Lipinski definition) is 4. The number of sulfone groups is 1. The smallest absolute Gasteiger partial charge is 0.159 e. The van der Waals surface area contributed by atoms with E-state index in [0.29, 0.717) is 12.3 Å². The predicted octanol–water partition coefficient (Wildman–Crippen LogP) is 1.30. The molecule has 0 N–H and O–H groups in total. The molecule has 2 unspecified atom stereocenters. The van der Waals surface area contributed by atoms with E-state index in [4.69, 9.17) is 0 Å². The van der Waals surface area contributed by atoms with Crippen LogP contribution in [0.5, 0.6) is 0 Å². The van der Waals surface area contributed by atoms with Gasteiger partial charge in [0.15, 0.2) is 15.6 Å². The van der Waals surface area contributed by atoms with Gasteiger partial charge in [0, 0.05) is 24.7 Å². The molecule has 2 fully saturated rings. The zero-order chi connectivity index (χ0) is 14.3. The van der Waals surface area contributed by atoms with Crippen LogP contribution in [0.25, 0.3) is 0 Å². The number of hydrogen-bond donors (Lipinski definition) is 0. The SMILES string of the molecule is CC(=O)c1ccc(CCN2CC3CC2CS3(=O)=O)cc1. The summed E-state index contributed by atoms with van der Waals surface area (Å²) >= 11 is 0. The molecule has 0 radical (unpaired) electrons. The molecule has 2 aliphatic rings. The number of ketones is 1. The Morgan fingerprint density at radius 2 is 2.00 bits per heavy atom. The molecule has 2 saturated heterocycles. The van der Waals surface area contributed by atoms with Crippen LogP contribution in [0, 0.1) is 0 Å². The predicted molar refractivity (Wildman–Crippen MR) is 77.7 cm³/mol. The number of carbonyl (C=O) groups is 1. The number of benzene rings is 1. The molecule has 0 aromatic heterocycles. The largest absolute Gasteiger partial charge is 0.298 e. The van der Waals surface area contributed by atoms with Gasteiger partial charge in [-0.1, -0.05) is 24.3 Å². The number of rotatable bonds is 4. The maximum atomic E-state index is 11.7. The van der Waals surface area contributed by atoms with Crippen molar-refractivity contribution < 1.29 is 13.2 Å². The van der Waals surface area contributed by atoms with Crippen LogP contribution in [0.2, 0.25) is 0 Å². The Labute approximate surface area is 119 Å². The van der Waals surface area contributed by atoms with Crippen LogP contribution in [0.1, 0.15) is 29.3 Å². The Morgan fingerprint density at radius 3 is 2.50 bits per heavy atom. The van der Waals surface area contributed by atoms with Gasteiger partial charge in [0.1, 0.15) is 0 Å². The first kappa shape index (κ1) is 13.8. The lowest BCUT2D eigenvalue weighted by Crippen LogP contribution is -2.41. The number of Topliss-reactive ketones (excluding diaryl/α,β-unsaturated/α-hetero) is 1. The standard InChI is InChI=1S/C15H19NO3S/c1-11(17)13-4-2-12(3-5-13)6-7-16-9-15-8-14(16)10-20(15,18)19/h2-5,14-15H,6-10H2,1H3. The summed E-state index contributed by atoms with van der Waals surface area (Å²) in [6.45, 7) is 3.16. The summed E-state index contributed by atoms with van der Waals surface area (Å²) in [5, 5.41) is -0.132. The van der Waals surface area contributed by atoms with Crippen LogP contribution in [-0.4, -0.2) is 49.2 Å². The highest BCUT2D eigenvalue weighted by Gasteiger charge is 2.47. The fourth-order valence-electron chi connectivity index (χ4n) is 3.23. The van der Waals surface area contributed by atoms with E-state index in [-0.39, 0.29) is 17.1 Å². The lowest BCUT2D eigenvalue weighted by Gasteiger charge is -2.26. The van der Waals surface area contributed by atoms with E-state index in [0.717, 1.165) is 24.9 Å². The van der Waals surface area contributed by atoms with E-state index in [1.54, 1.807) is 6.92 Å². The summed E-state index contributed by atoms with van der Waals surface area (Å²) in [6, 6.07) is 7.92. The number of fused-ring (bicyclic) bond motifs is 2. The molecule has 2 heterocycles. The minimum absolute atomic E-state index is 0.0820. The minimum Gasteiger partial charge on any atom is -0.298 e. The lowest BCUT2D eigenvalue weighted by molar-refractivity contribution is 0.101. The topological polar surface area (TPSA) is 54.5 Å². The van der Waals surface area contributed by atoms with E-state index in [1.807, 2.05) is 24.3 Å². The van der Waals surface area contributed by atoms with Crippen molar-refractivity contribution in [2.45, 2.75) is 31.1 Å². The van der Waals surface area contributed by atoms with Crippen molar-refractivity contribution >= 4 is 15.6 Å². The van der Waals surface area contributed by atoms with Crippen molar-refractivity contribution in [3.63, 3.8) is 0 Å². The lowest BCUT2D eigenvalue weighted by atomic mass is 10.1. The van der Waals surface area contributed by atoms with E-state index >= 15 is 0 Å². The Balaban J connectivity index is 1.57. The molecule has 0 amide bonds. The van der Waals surface area contributed by atoms with Gasteiger partial charge in [-0.15, -0.1) is 0 Å². The van der Waals surface area contributed by atoms with E-state index in [9.17, 15) is 13.2 Å². The molecule has 0 aliphatic carbocycles. The normalized spacial score (nSPS) is 27.9. The Morgan fingerprint density at radius 1 is 1.30 bits per heavy atom. The second-order valence-corrected chi connectivity index (χ2v) is 8.16. The first-order valence-electron chi connectivity index (χ1n) is 7.01. The Bertz CT molecular complexity index is 621. The van der Waals surface area contributed by atoms with Gasteiger partial charge >= 0.3 is 0 Å². The van der Waals surface area contributed by atoms with Crippen molar-refractivity contribution in [1.29, 1.82) is 0 Å². The maximum absolute atomic E-state index is 11.7. The monoisotopic (exact) mass is 293 g/mol. The molecule has 2 aliphatic heterocycles. The molecule has 2 bridgehead atoms. The molecule has 108 valence electrons. The quantitative estimate of drug-likeness (QED) is 0.785. The molecule has 1 aromatic rings. The minimum atomic E-state index is -2.80. The van der Waals surface area contributed by atoms with Gasteiger partial charge in [-0.2, -0.15) is 0 Å². The zero-order valence-electron chi connectivity index (χ0n) is 11.6. The zero-order valence-corrected chi connectivity index (χ0v) is 12.4. The third-order valence-electron chi connectivity index (χ3n) is 4.47. The van der Waals surface area contributed by atoms with Gasteiger partial charge in [-0.3, -0.25) is 9.69 Å². The summed E-state index contributed by atoms with van der Waals surface area (Å²) in [6.07, 6.45) is 1.72. The Kier molecular flexibility index (Phi) is 3.42. The molecular formula is C15H19NO3S. The second kappa shape index (κ2) is 4.97. The van der Waals surface area contributed by atoms with Crippen molar-refractivity contribution in [2.24, 2.45) is 0 Å². The number of likely N-dealkylation sites (tertiary alicyclic amines) is 1. The van der Waals surface area contributed by atoms with Gasteiger partial charge < -0.3 is 0 Å². The van der Waals surface area contributed by atoms with Crippen LogP contribution >= 0.6 is 0 Å². The summed E-state index contributed by atoms with van der Waals surface area (Å²) < 4.78 is 23.4. The summed E-state index contributed by atoms with van der Waals surface area (Å²) in [5.74, 6) is 0.416. The van der Waals surface area contributed by atoms with Crippen molar-refractivity contribution in [1.82, 2.24) is 4.90 Å². The molecule has 5 heteroatoms. The van der Waals surface area contributed by atoms with Crippen molar-refractivity contribution in [3.05, 3.63) is 35.4 Å². The van der Waals surface area contributed by atoms with Crippen molar-refractivity contribution in [3.8, 4) is 0 Å². The highest BCUT2D eigenvalue weighted by atomic mass is 32.2. The summed E-state index contributed by atoms with van der Waals surface area (Å²) in [7, 11) is -2.80. The molecule has 20 heavy (non-hydrogen) atoms. The molecule has 3 rings (SSSR count). The summed E-state index contributed by atoms with van der Waals surface area (Å²) in [4.78, 5) is 13.5. The third-order valence-corrected chi connectivity index (χ3v) is 6.68. The van der Waals surface area contributed by atoms with Crippen molar-refractivity contribution in [2.75, 3.05) is 18.8 Å². The molecule has 4 nitrogen and oxygen atoms in total. The first-order chi connectivity index (χ1) is 9.45. The van der Waals surface area contributed by atoms with Gasteiger partial charge in [-0.25, -0.2) is 8.42 Å². The van der Waals surface area contributed by atoms with Gasteiger partial charge in [-0.05, 0) is 25.3 Å². The molecule has 0 saturated carbocycles. The average Bonchev–Trinajstić information content (AvgIpc) is 2.92. The first-order valence-corrected chi connectivity index (χ1v) is 8.73. The van der Waals surface area contributed by atoms with E-state index in [1.165, 1.54) is 5.56 Å². The Hall–Kier alpha value is -1.20. The third kappa shape index (κ3) is 2.52. The average molecular weight is 293 g/mol. The number of carbonyl (C=O) groups excluding carboxylic acids is 1. The summed E-state index contributed by atoms with van der Waals surface area (Å²) in [5.41, 5.74) is 1.93. The van der Waals surface area contributed by atoms with Crippen LogP contribution < -0.4 is 0 Å². The van der Waals surface area contributed by atoms with Crippen LogP contribution in [0.3, 0.4) is 0 Å². The molecule has 1 aromatic carbocycles. The number of nitrogens with zero attached hydrogens (tertiary/aromatic N) is 1. The molecule has 2 atom stereocenters. The highest BCUT2D eigenvalue weighted by molar-refractivity contribution is 7.92. The van der Waals surface area contributed by atoms with Gasteiger partial charge in [0.25, 0.3) is 0 Å². The van der Waals surface area contributed by atoms with Crippen LogP contribution in [0.15, 0.2) is 24.3 Å². The van der Waals surface area contributed by atoms with Crippen LogP contribution in [0.4, 0.5) is 0 Å². The van der Waals surface area contributed by atoms with Gasteiger partial charge in [0.05, 0.1) is 11.0 Å². The van der Waals surface area contributed by atoms with E-state index < -0.39 is 9.84 Å². The second-order valence-electron chi connectivity index (χ2n) is 5.84. The fraction of sp³-hybridized carbons (Fsp3) is 0.533. The molecular weight excluding hydrogens is 274 g/mol. The fourth-order valence-corrected chi connectivity index (χ4v) is 5.32. The van der Waals surface area contributed by atoms with Gasteiger partial charge in [0.2, 0.25) is 0 Å². The van der Waals surface area contributed by atoms with Crippen LogP contribution in [-0.2, 0) is 16.3 Å².